The van der Waals surface area contributed by atoms with E-state index < -0.39 is 0 Å². The third kappa shape index (κ3) is 2.65. The van der Waals surface area contributed by atoms with Crippen LogP contribution in [-0.4, -0.2) is 15.9 Å². The van der Waals surface area contributed by atoms with E-state index in [2.05, 4.69) is 31.2 Å². The molecule has 2 heterocycles. The largest absolute Gasteiger partial charge is 0.397 e. The van der Waals surface area contributed by atoms with Crippen LogP contribution in [0.3, 0.4) is 0 Å². The lowest BCUT2D eigenvalue weighted by molar-refractivity contribution is 0.102. The van der Waals surface area contributed by atoms with Gasteiger partial charge in [-0.15, -0.1) is 0 Å². The zero-order valence-electron chi connectivity index (χ0n) is 9.64. The van der Waals surface area contributed by atoms with E-state index in [0.29, 0.717) is 21.7 Å². The fraction of sp³-hybridized carbons (Fsp3) is 0.0833. The Morgan fingerprint density at radius 3 is 2.89 bits per heavy atom. The molecule has 0 aliphatic rings. The van der Waals surface area contributed by atoms with Crippen molar-refractivity contribution in [1.82, 2.24) is 9.97 Å². The summed E-state index contributed by atoms with van der Waals surface area (Å²) in [7, 11) is 0. The molecular weight excluding hydrogens is 296 g/mol. The van der Waals surface area contributed by atoms with Crippen molar-refractivity contribution in [1.29, 1.82) is 0 Å². The lowest BCUT2D eigenvalue weighted by Gasteiger charge is -2.06. The molecule has 1 amide bonds. The molecular formula is C12H11BrN4O. The van der Waals surface area contributed by atoms with Crippen LogP contribution in [-0.2, 0) is 0 Å². The molecule has 2 aromatic heterocycles. The second kappa shape index (κ2) is 5.14. The van der Waals surface area contributed by atoms with Gasteiger partial charge in [0, 0.05) is 10.7 Å². The van der Waals surface area contributed by atoms with Crippen LogP contribution in [0.15, 0.2) is 35.1 Å². The topological polar surface area (TPSA) is 80.9 Å². The molecule has 0 bridgehead atoms. The minimum absolute atomic E-state index is 0.314. The number of nitrogens with one attached hydrogen (secondary N) is 1. The number of hydrogen-bond donors (Lipinski definition) is 2. The van der Waals surface area contributed by atoms with Crippen molar-refractivity contribution >= 4 is 33.3 Å². The maximum absolute atomic E-state index is 12.0. The lowest BCUT2D eigenvalue weighted by atomic mass is 10.2. The third-order valence-electron chi connectivity index (χ3n) is 2.37. The smallest absolute Gasteiger partial charge is 0.276 e. The van der Waals surface area contributed by atoms with Gasteiger partial charge >= 0.3 is 0 Å². The predicted octanol–water partition coefficient (Wildman–Crippen LogP) is 2.38. The van der Waals surface area contributed by atoms with Crippen LogP contribution in [0.4, 0.5) is 11.5 Å². The van der Waals surface area contributed by atoms with Gasteiger partial charge in [0.05, 0.1) is 11.9 Å². The number of pyridine rings is 2. The Morgan fingerprint density at radius 2 is 2.22 bits per heavy atom. The molecule has 2 rings (SSSR count). The highest BCUT2D eigenvalue weighted by molar-refractivity contribution is 9.10. The summed E-state index contributed by atoms with van der Waals surface area (Å²) in [6.07, 6.45) is 3.07. The molecule has 6 heteroatoms. The summed E-state index contributed by atoms with van der Waals surface area (Å²) < 4.78 is 0.634. The quantitative estimate of drug-likeness (QED) is 0.892. The number of aromatic nitrogens is 2. The van der Waals surface area contributed by atoms with Crippen LogP contribution in [0, 0.1) is 6.92 Å². The molecule has 0 saturated carbocycles. The van der Waals surface area contributed by atoms with Gasteiger partial charge in [-0.2, -0.15) is 0 Å². The van der Waals surface area contributed by atoms with Crippen LogP contribution in [0.5, 0.6) is 0 Å². The maximum Gasteiger partial charge on any atom is 0.276 e. The number of nitrogens with two attached hydrogens (primary N) is 1. The van der Waals surface area contributed by atoms with Crippen LogP contribution in [0.25, 0.3) is 0 Å². The van der Waals surface area contributed by atoms with Crippen molar-refractivity contribution in [2.24, 2.45) is 0 Å². The average molecular weight is 307 g/mol. The van der Waals surface area contributed by atoms with E-state index in [1.165, 1.54) is 6.20 Å². The van der Waals surface area contributed by atoms with E-state index in [9.17, 15) is 4.79 Å². The zero-order valence-corrected chi connectivity index (χ0v) is 11.2. The van der Waals surface area contributed by atoms with Gasteiger partial charge < -0.3 is 11.1 Å². The fourth-order valence-corrected chi connectivity index (χ4v) is 1.80. The highest BCUT2D eigenvalue weighted by Crippen LogP contribution is 2.17. The number of carbonyl (C=O) groups is 1. The van der Waals surface area contributed by atoms with E-state index in [1.807, 2.05) is 6.92 Å². The minimum Gasteiger partial charge on any atom is -0.397 e. The molecule has 2 aromatic rings. The number of nitrogens with zero attached hydrogens (tertiary/aromatic N) is 2. The standard InChI is InChI=1S/C12H11BrN4O/c1-7-5-10(16-6-9(7)14)17-12(18)11-8(13)3-2-4-15-11/h2-6H,14H2,1H3,(H,16,17,18). The number of hydrogen-bond acceptors (Lipinski definition) is 4. The molecule has 0 unspecified atom stereocenters. The van der Waals surface area contributed by atoms with Crippen LogP contribution in [0.1, 0.15) is 16.1 Å². The van der Waals surface area contributed by atoms with Crippen LogP contribution < -0.4 is 11.1 Å². The monoisotopic (exact) mass is 306 g/mol. The normalized spacial score (nSPS) is 10.1. The number of aryl methyl sites for hydroxylation is 1. The van der Waals surface area contributed by atoms with Crippen molar-refractivity contribution in [2.75, 3.05) is 11.1 Å². The second-order valence-electron chi connectivity index (χ2n) is 3.71. The Morgan fingerprint density at radius 1 is 1.44 bits per heavy atom. The molecule has 0 aliphatic heterocycles. The van der Waals surface area contributed by atoms with E-state index in [4.69, 9.17) is 5.73 Å². The average Bonchev–Trinajstić information content (AvgIpc) is 2.34. The van der Waals surface area contributed by atoms with Gasteiger partial charge in [-0.3, -0.25) is 4.79 Å². The Labute approximate surface area is 113 Å². The molecule has 0 aliphatic carbocycles. The number of carbonyl (C=O) groups excluding carboxylic acids is 1. The summed E-state index contributed by atoms with van der Waals surface area (Å²) in [5.74, 6) is 0.128. The summed E-state index contributed by atoms with van der Waals surface area (Å²) in [4.78, 5) is 20.0. The second-order valence-corrected chi connectivity index (χ2v) is 4.57. The van der Waals surface area contributed by atoms with E-state index in [-0.39, 0.29) is 5.91 Å². The first kappa shape index (κ1) is 12.5. The summed E-state index contributed by atoms with van der Waals surface area (Å²) in [6, 6.07) is 5.21. The molecule has 0 radical (unpaired) electrons. The highest BCUT2D eigenvalue weighted by Gasteiger charge is 2.12. The van der Waals surface area contributed by atoms with Gasteiger partial charge in [0.25, 0.3) is 5.91 Å². The molecule has 3 N–H and O–H groups in total. The highest BCUT2D eigenvalue weighted by atomic mass is 79.9. The number of anilines is 2. The first-order valence-corrected chi connectivity index (χ1v) is 6.01. The van der Waals surface area contributed by atoms with E-state index in [0.717, 1.165) is 5.56 Å². The van der Waals surface area contributed by atoms with Crippen molar-refractivity contribution in [3.8, 4) is 0 Å². The van der Waals surface area contributed by atoms with Gasteiger partial charge in [0.2, 0.25) is 0 Å². The van der Waals surface area contributed by atoms with E-state index >= 15 is 0 Å². The number of nitrogen functional groups attached to an aromatic ring is 1. The minimum atomic E-state index is -0.320. The Hall–Kier alpha value is -1.95. The first-order valence-electron chi connectivity index (χ1n) is 5.22. The Kier molecular flexibility index (Phi) is 3.57. The van der Waals surface area contributed by atoms with Gasteiger partial charge in [-0.05, 0) is 46.6 Å². The molecule has 0 saturated heterocycles. The molecule has 0 spiro atoms. The molecule has 92 valence electrons. The Bertz CT molecular complexity index is 600. The van der Waals surface area contributed by atoms with Crippen LogP contribution in [0.2, 0.25) is 0 Å². The first-order chi connectivity index (χ1) is 8.58. The number of halogens is 1. The summed E-state index contributed by atoms with van der Waals surface area (Å²) >= 11 is 3.27. The van der Waals surface area contributed by atoms with Gasteiger partial charge in [-0.1, -0.05) is 0 Å². The summed E-state index contributed by atoms with van der Waals surface area (Å²) in [5.41, 5.74) is 7.42. The molecule has 0 fully saturated rings. The van der Waals surface area contributed by atoms with Crippen molar-refractivity contribution in [2.45, 2.75) is 6.92 Å². The molecule has 0 atom stereocenters. The molecule has 5 nitrogen and oxygen atoms in total. The van der Waals surface area contributed by atoms with E-state index in [1.54, 1.807) is 24.4 Å². The van der Waals surface area contributed by atoms with Crippen molar-refractivity contribution < 1.29 is 4.79 Å². The molecule has 0 aromatic carbocycles. The van der Waals surface area contributed by atoms with Gasteiger partial charge in [0.15, 0.2) is 0 Å². The van der Waals surface area contributed by atoms with Crippen molar-refractivity contribution in [3.05, 3.63) is 46.3 Å². The fourth-order valence-electron chi connectivity index (χ4n) is 1.36. The zero-order chi connectivity index (χ0) is 13.1. The maximum atomic E-state index is 12.0. The van der Waals surface area contributed by atoms with Crippen LogP contribution >= 0.6 is 15.9 Å². The predicted molar refractivity (Wildman–Crippen MR) is 73.3 cm³/mol. The van der Waals surface area contributed by atoms with Gasteiger partial charge in [0.1, 0.15) is 11.5 Å². The summed E-state index contributed by atoms with van der Waals surface area (Å²) in [6.45, 7) is 1.85. The summed E-state index contributed by atoms with van der Waals surface area (Å²) in [5, 5.41) is 2.67. The third-order valence-corrected chi connectivity index (χ3v) is 3.01. The Balaban J connectivity index is 2.22. The molecule has 18 heavy (non-hydrogen) atoms. The SMILES string of the molecule is Cc1cc(NC(=O)c2ncccc2Br)ncc1N. The lowest BCUT2D eigenvalue weighted by Crippen LogP contribution is -2.15. The number of rotatable bonds is 2. The van der Waals surface area contributed by atoms with Crippen molar-refractivity contribution in [3.63, 3.8) is 0 Å². The number of amides is 1. The van der Waals surface area contributed by atoms with Gasteiger partial charge in [-0.25, -0.2) is 9.97 Å².